The number of hydrogen-bond acceptors (Lipinski definition) is 2. The minimum Gasteiger partial charge on any atom is -0.325 e. The third-order valence-corrected chi connectivity index (χ3v) is 3.30. The molecular weight excluding hydrogens is 184 g/mol. The van der Waals surface area contributed by atoms with E-state index in [-0.39, 0.29) is 5.41 Å². The topological polar surface area (TPSA) is 49.9 Å². The maximum Gasteiger partial charge on any atom is 0.0460 e. The molecule has 0 heterocycles. The Morgan fingerprint density at radius 2 is 1.53 bits per heavy atom. The van der Waals surface area contributed by atoms with Crippen molar-refractivity contribution in [1.82, 2.24) is 0 Å². The lowest BCUT2D eigenvalue weighted by Crippen LogP contribution is -2.51. The Bertz CT molecular complexity index is 345. The highest BCUT2D eigenvalue weighted by atomic mass is 14.8. The number of hydrogen-bond donors (Lipinski definition) is 2. The van der Waals surface area contributed by atoms with E-state index in [4.69, 9.17) is 11.1 Å². The van der Waals surface area contributed by atoms with Crippen LogP contribution in [0.3, 0.4) is 0 Å². The second-order valence-electron chi connectivity index (χ2n) is 5.09. The summed E-state index contributed by atoms with van der Waals surface area (Å²) in [6.07, 6.45) is 0. The maximum absolute atomic E-state index is 8.21. The first kappa shape index (κ1) is 11.9. The molecule has 0 bridgehead atoms. The number of nitrogens with one attached hydrogen (secondary N) is 1. The van der Waals surface area contributed by atoms with E-state index in [0.717, 1.165) is 5.56 Å². The van der Waals surface area contributed by atoms with Gasteiger partial charge in [-0.2, -0.15) is 0 Å². The zero-order valence-electron chi connectivity index (χ0n) is 9.96. The Morgan fingerprint density at radius 1 is 1.07 bits per heavy atom. The van der Waals surface area contributed by atoms with Crippen LogP contribution in [-0.2, 0) is 0 Å². The molecule has 0 radical (unpaired) electrons. The molecule has 0 aliphatic rings. The SMILES string of the molecule is CC(C)(N)C(C)(C)C(=N)c1ccccc1. The van der Waals surface area contributed by atoms with Crippen molar-refractivity contribution in [3.63, 3.8) is 0 Å². The Hall–Kier alpha value is -1.15. The fraction of sp³-hybridized carbons (Fsp3) is 0.462. The molecule has 1 aromatic carbocycles. The molecule has 0 saturated carbocycles. The van der Waals surface area contributed by atoms with Gasteiger partial charge in [-0.3, -0.25) is 0 Å². The first-order valence-electron chi connectivity index (χ1n) is 5.20. The molecule has 0 saturated heterocycles. The summed E-state index contributed by atoms with van der Waals surface area (Å²) >= 11 is 0. The van der Waals surface area contributed by atoms with Crippen LogP contribution in [0.1, 0.15) is 33.3 Å². The van der Waals surface area contributed by atoms with Crippen LogP contribution in [0.4, 0.5) is 0 Å². The van der Waals surface area contributed by atoms with Gasteiger partial charge in [-0.25, -0.2) is 0 Å². The van der Waals surface area contributed by atoms with Gasteiger partial charge in [-0.1, -0.05) is 44.2 Å². The van der Waals surface area contributed by atoms with Gasteiger partial charge in [0.25, 0.3) is 0 Å². The zero-order chi connectivity index (χ0) is 11.7. The second kappa shape index (κ2) is 3.78. The molecule has 0 aromatic heterocycles. The Balaban J connectivity index is 3.06. The van der Waals surface area contributed by atoms with Gasteiger partial charge in [0.2, 0.25) is 0 Å². The maximum atomic E-state index is 8.21. The zero-order valence-corrected chi connectivity index (χ0v) is 9.96. The Labute approximate surface area is 92.0 Å². The van der Waals surface area contributed by atoms with Crippen LogP contribution in [-0.4, -0.2) is 11.3 Å². The summed E-state index contributed by atoms with van der Waals surface area (Å²) in [5, 5.41) is 8.21. The van der Waals surface area contributed by atoms with Crippen LogP contribution < -0.4 is 5.73 Å². The molecule has 82 valence electrons. The van der Waals surface area contributed by atoms with Gasteiger partial charge in [-0.15, -0.1) is 0 Å². The summed E-state index contributed by atoms with van der Waals surface area (Å²) in [7, 11) is 0. The van der Waals surface area contributed by atoms with Crippen molar-refractivity contribution in [3.8, 4) is 0 Å². The summed E-state index contributed by atoms with van der Waals surface area (Å²) in [6, 6.07) is 9.76. The smallest absolute Gasteiger partial charge is 0.0460 e. The van der Waals surface area contributed by atoms with Gasteiger partial charge < -0.3 is 11.1 Å². The molecule has 0 atom stereocenters. The highest BCUT2D eigenvalue weighted by Gasteiger charge is 2.37. The van der Waals surface area contributed by atoms with Gasteiger partial charge in [0, 0.05) is 16.7 Å². The molecule has 0 aliphatic carbocycles. The third kappa shape index (κ3) is 2.26. The fourth-order valence-corrected chi connectivity index (χ4v) is 1.29. The molecule has 0 aliphatic heterocycles. The van der Waals surface area contributed by atoms with Crippen molar-refractivity contribution in [1.29, 1.82) is 5.41 Å². The molecule has 0 amide bonds. The summed E-state index contributed by atoms with van der Waals surface area (Å²) in [4.78, 5) is 0. The highest BCUT2D eigenvalue weighted by molar-refractivity contribution is 6.02. The molecule has 2 nitrogen and oxygen atoms in total. The average molecular weight is 204 g/mol. The molecule has 2 heteroatoms. The van der Waals surface area contributed by atoms with Gasteiger partial charge in [0.05, 0.1) is 0 Å². The number of rotatable bonds is 3. The monoisotopic (exact) mass is 204 g/mol. The summed E-state index contributed by atoms with van der Waals surface area (Å²) in [5.74, 6) is 0. The Kier molecular flexibility index (Phi) is 3.00. The fourth-order valence-electron chi connectivity index (χ4n) is 1.29. The number of nitrogens with two attached hydrogens (primary N) is 1. The van der Waals surface area contributed by atoms with Crippen molar-refractivity contribution in [3.05, 3.63) is 35.9 Å². The molecule has 15 heavy (non-hydrogen) atoms. The van der Waals surface area contributed by atoms with Crippen LogP contribution in [0.5, 0.6) is 0 Å². The van der Waals surface area contributed by atoms with Crippen molar-refractivity contribution < 1.29 is 0 Å². The molecule has 3 N–H and O–H groups in total. The lowest BCUT2D eigenvalue weighted by Gasteiger charge is -2.39. The van der Waals surface area contributed by atoms with Gasteiger partial charge in [0.15, 0.2) is 0 Å². The molecule has 0 unspecified atom stereocenters. The van der Waals surface area contributed by atoms with Crippen molar-refractivity contribution in [2.75, 3.05) is 0 Å². The third-order valence-electron chi connectivity index (χ3n) is 3.30. The molecule has 0 spiro atoms. The minimum atomic E-state index is -0.403. The quantitative estimate of drug-likeness (QED) is 0.731. The first-order valence-corrected chi connectivity index (χ1v) is 5.20. The highest BCUT2D eigenvalue weighted by Crippen LogP contribution is 2.32. The predicted molar refractivity (Wildman–Crippen MR) is 65.3 cm³/mol. The molecule has 1 rings (SSSR count). The molecule has 1 aromatic rings. The van der Waals surface area contributed by atoms with E-state index in [9.17, 15) is 0 Å². The first-order chi connectivity index (χ1) is 6.77. The van der Waals surface area contributed by atoms with Crippen LogP contribution in [0, 0.1) is 10.8 Å². The Morgan fingerprint density at radius 3 is 1.93 bits per heavy atom. The largest absolute Gasteiger partial charge is 0.325 e. The van der Waals surface area contributed by atoms with Crippen LogP contribution in [0.2, 0.25) is 0 Å². The van der Waals surface area contributed by atoms with E-state index < -0.39 is 5.54 Å². The van der Waals surface area contributed by atoms with Crippen molar-refractivity contribution in [2.24, 2.45) is 11.1 Å². The summed E-state index contributed by atoms with van der Waals surface area (Å²) < 4.78 is 0. The average Bonchev–Trinajstić information content (AvgIpc) is 2.16. The van der Waals surface area contributed by atoms with Crippen molar-refractivity contribution in [2.45, 2.75) is 33.2 Å². The van der Waals surface area contributed by atoms with E-state index >= 15 is 0 Å². The van der Waals surface area contributed by atoms with E-state index in [1.807, 2.05) is 58.0 Å². The van der Waals surface area contributed by atoms with Crippen LogP contribution >= 0.6 is 0 Å². The standard InChI is InChI=1S/C13H20N2/c1-12(2,13(3,4)15)11(14)10-8-6-5-7-9-10/h5-9,14H,15H2,1-4H3. The van der Waals surface area contributed by atoms with Gasteiger partial charge in [-0.05, 0) is 19.4 Å². The van der Waals surface area contributed by atoms with E-state index in [1.54, 1.807) is 0 Å². The second-order valence-corrected chi connectivity index (χ2v) is 5.09. The summed E-state index contributed by atoms with van der Waals surface area (Å²) in [6.45, 7) is 7.96. The minimum absolute atomic E-state index is 0.339. The normalized spacial score (nSPS) is 12.6. The van der Waals surface area contributed by atoms with E-state index in [2.05, 4.69) is 0 Å². The summed E-state index contributed by atoms with van der Waals surface area (Å²) in [5.41, 5.74) is 6.91. The lowest BCUT2D eigenvalue weighted by molar-refractivity contribution is 0.298. The molecule has 0 fully saturated rings. The van der Waals surface area contributed by atoms with Gasteiger partial charge in [0.1, 0.15) is 0 Å². The van der Waals surface area contributed by atoms with Crippen LogP contribution in [0.25, 0.3) is 0 Å². The predicted octanol–water partition coefficient (Wildman–Crippen LogP) is 2.82. The van der Waals surface area contributed by atoms with E-state index in [1.165, 1.54) is 0 Å². The van der Waals surface area contributed by atoms with Gasteiger partial charge >= 0.3 is 0 Å². The van der Waals surface area contributed by atoms with E-state index in [0.29, 0.717) is 5.71 Å². The lowest BCUT2D eigenvalue weighted by atomic mass is 9.70. The molecular formula is C13H20N2. The van der Waals surface area contributed by atoms with Crippen LogP contribution in [0.15, 0.2) is 30.3 Å². The number of benzene rings is 1. The van der Waals surface area contributed by atoms with Crippen molar-refractivity contribution >= 4 is 5.71 Å².